The number of nitrogens with zero attached hydrogens (tertiary/aromatic N) is 6. The first kappa shape index (κ1) is 26.9. The highest BCUT2D eigenvalue weighted by molar-refractivity contribution is 6.01. The van der Waals surface area contributed by atoms with E-state index in [9.17, 15) is 9.90 Å². The maximum atomic E-state index is 13.2. The average molecular weight is 590 g/mol. The normalized spacial score (nSPS) is 21.9. The molecule has 3 saturated heterocycles. The molecule has 10 heteroatoms. The van der Waals surface area contributed by atoms with Gasteiger partial charge >= 0.3 is 6.01 Å². The molecule has 3 aromatic carbocycles. The largest absolute Gasteiger partial charge is 0.508 e. The van der Waals surface area contributed by atoms with Crippen LogP contribution in [0.15, 0.2) is 67.0 Å². The molecule has 0 unspecified atom stereocenters. The van der Waals surface area contributed by atoms with Crippen LogP contribution in [0.5, 0.6) is 11.8 Å². The van der Waals surface area contributed by atoms with Gasteiger partial charge in [0.15, 0.2) is 5.82 Å². The van der Waals surface area contributed by atoms with E-state index in [0.29, 0.717) is 37.6 Å². The van der Waals surface area contributed by atoms with Crippen LogP contribution >= 0.6 is 0 Å². The van der Waals surface area contributed by atoms with Crippen molar-refractivity contribution >= 4 is 33.4 Å². The van der Waals surface area contributed by atoms with E-state index in [2.05, 4.69) is 51.1 Å². The molecule has 0 saturated carbocycles. The minimum atomic E-state index is -0.0632. The lowest BCUT2D eigenvalue weighted by atomic mass is 9.97. The molecule has 3 atom stereocenters. The van der Waals surface area contributed by atoms with E-state index in [1.807, 2.05) is 29.2 Å². The summed E-state index contributed by atoms with van der Waals surface area (Å²) in [4.78, 5) is 36.9. The van der Waals surface area contributed by atoms with Crippen molar-refractivity contribution in [3.63, 3.8) is 0 Å². The molecule has 10 nitrogen and oxygen atoms in total. The minimum absolute atomic E-state index is 0.0632. The first-order chi connectivity index (χ1) is 21.5. The SMILES string of the molecule is CN1CCC[C@H]1COc1nc(N2[C@@H]3CC[C@H]2CN(C(=O)c2ncc[nH]2)C3)c2ccc(-c3cc(O)cc4ccccc34)cc2n1. The molecule has 3 aliphatic rings. The summed E-state index contributed by atoms with van der Waals surface area (Å²) in [5, 5.41) is 13.5. The fourth-order valence-electron chi connectivity index (χ4n) is 7.36. The number of nitrogens with one attached hydrogen (secondary N) is 1. The number of rotatable bonds is 6. The quantitative estimate of drug-likeness (QED) is 0.289. The topological polar surface area (TPSA) is 111 Å². The van der Waals surface area contributed by atoms with Gasteiger partial charge in [-0.25, -0.2) is 4.98 Å². The van der Waals surface area contributed by atoms with Crippen LogP contribution in [0.4, 0.5) is 5.82 Å². The van der Waals surface area contributed by atoms with Gasteiger partial charge in [-0.3, -0.25) is 4.79 Å². The first-order valence-corrected chi connectivity index (χ1v) is 15.5. The lowest BCUT2D eigenvalue weighted by Crippen LogP contribution is -2.56. The number of aromatic amines is 1. The lowest BCUT2D eigenvalue weighted by Gasteiger charge is -2.41. The third-order valence-electron chi connectivity index (χ3n) is 9.60. The number of phenolic OH excluding ortho intramolecular Hbond substituents is 1. The Labute approximate surface area is 255 Å². The fourth-order valence-corrected chi connectivity index (χ4v) is 7.36. The van der Waals surface area contributed by atoms with E-state index in [0.717, 1.165) is 64.4 Å². The maximum absolute atomic E-state index is 13.2. The second-order valence-electron chi connectivity index (χ2n) is 12.3. The van der Waals surface area contributed by atoms with Crippen LogP contribution in [0, 0.1) is 0 Å². The van der Waals surface area contributed by atoms with E-state index in [-0.39, 0.29) is 23.7 Å². The van der Waals surface area contributed by atoms with Crippen molar-refractivity contribution in [2.24, 2.45) is 0 Å². The summed E-state index contributed by atoms with van der Waals surface area (Å²) in [6.07, 6.45) is 7.53. The van der Waals surface area contributed by atoms with Gasteiger partial charge in [0.1, 0.15) is 18.2 Å². The van der Waals surface area contributed by atoms with Gasteiger partial charge in [0.25, 0.3) is 5.91 Å². The molecule has 2 aromatic heterocycles. The zero-order chi connectivity index (χ0) is 29.8. The van der Waals surface area contributed by atoms with E-state index in [1.165, 1.54) is 6.42 Å². The smallest absolute Gasteiger partial charge is 0.319 e. The van der Waals surface area contributed by atoms with Gasteiger partial charge in [0.2, 0.25) is 0 Å². The monoisotopic (exact) mass is 589 g/mol. The number of anilines is 1. The Hall–Kier alpha value is -4.70. The number of likely N-dealkylation sites (N-methyl/N-ethyl adjacent to an activating group) is 1. The van der Waals surface area contributed by atoms with Crippen molar-refractivity contribution in [3.05, 3.63) is 72.8 Å². The number of hydrogen-bond donors (Lipinski definition) is 2. The summed E-state index contributed by atoms with van der Waals surface area (Å²) in [6.45, 7) is 2.83. The van der Waals surface area contributed by atoms with E-state index >= 15 is 0 Å². The molecular weight excluding hydrogens is 554 g/mol. The number of aromatic hydroxyl groups is 1. The number of piperazine rings is 1. The number of fused-ring (bicyclic) bond motifs is 4. The molecule has 0 spiro atoms. The van der Waals surface area contributed by atoms with E-state index < -0.39 is 0 Å². The third-order valence-corrected chi connectivity index (χ3v) is 9.60. The Morgan fingerprint density at radius 2 is 1.86 bits per heavy atom. The highest BCUT2D eigenvalue weighted by Crippen LogP contribution is 2.40. The van der Waals surface area contributed by atoms with Gasteiger partial charge in [-0.1, -0.05) is 30.3 Å². The van der Waals surface area contributed by atoms with Gasteiger partial charge in [0.05, 0.1) is 5.52 Å². The number of carbonyl (C=O) groups excluding carboxylic acids is 1. The van der Waals surface area contributed by atoms with Crippen molar-refractivity contribution in [1.82, 2.24) is 29.7 Å². The van der Waals surface area contributed by atoms with Crippen molar-refractivity contribution in [3.8, 4) is 22.9 Å². The van der Waals surface area contributed by atoms with E-state index in [4.69, 9.17) is 14.7 Å². The van der Waals surface area contributed by atoms with Crippen LogP contribution in [0.3, 0.4) is 0 Å². The molecule has 2 N–H and O–H groups in total. The van der Waals surface area contributed by atoms with Crippen LogP contribution in [0.25, 0.3) is 32.8 Å². The zero-order valence-electron chi connectivity index (χ0n) is 24.7. The van der Waals surface area contributed by atoms with E-state index in [1.54, 1.807) is 18.5 Å². The standard InChI is InChI=1S/C34H35N7O3/c1-39-14-4-6-25(39)20-44-34-37-30-16-22(29-17-26(42)15-21-5-2-3-7-27(21)29)8-11-28(30)32(38-34)41-23-9-10-24(41)19-40(18-23)33(43)31-35-12-13-36-31/h2-3,5,7-8,11-13,15-17,23-25,42H,4,6,9-10,14,18-20H2,1H3,(H,35,36)/t23-,24+,25-/m0/s1. The molecule has 5 aromatic rings. The Morgan fingerprint density at radius 1 is 1.02 bits per heavy atom. The lowest BCUT2D eigenvalue weighted by molar-refractivity contribution is 0.0706. The number of imidazole rings is 1. The molecule has 3 fully saturated rings. The Balaban J connectivity index is 1.19. The number of ether oxygens (including phenoxy) is 1. The molecule has 3 aliphatic heterocycles. The average Bonchev–Trinajstić information content (AvgIpc) is 3.78. The molecular formula is C34H35N7O3. The fraction of sp³-hybridized carbons (Fsp3) is 0.353. The highest BCUT2D eigenvalue weighted by Gasteiger charge is 2.43. The predicted octanol–water partition coefficient (Wildman–Crippen LogP) is 4.85. The Bertz CT molecular complexity index is 1850. The van der Waals surface area contributed by atoms with Crippen LogP contribution < -0.4 is 9.64 Å². The summed E-state index contributed by atoms with van der Waals surface area (Å²) >= 11 is 0. The summed E-state index contributed by atoms with van der Waals surface area (Å²) in [5.41, 5.74) is 2.71. The number of hydrogen-bond acceptors (Lipinski definition) is 8. The first-order valence-electron chi connectivity index (χ1n) is 15.5. The second kappa shape index (κ2) is 10.8. The Morgan fingerprint density at radius 3 is 2.64 bits per heavy atom. The second-order valence-corrected chi connectivity index (χ2v) is 12.3. The van der Waals surface area contributed by atoms with Crippen molar-refractivity contribution < 1.29 is 14.6 Å². The molecule has 8 rings (SSSR count). The van der Waals surface area contributed by atoms with Gasteiger partial charge in [-0.15, -0.1) is 0 Å². The number of aromatic nitrogens is 4. The van der Waals surface area contributed by atoms with Crippen LogP contribution in [0.2, 0.25) is 0 Å². The van der Waals surface area contributed by atoms with Gasteiger partial charge in [-0.05, 0) is 85.4 Å². The third kappa shape index (κ3) is 4.70. The van der Waals surface area contributed by atoms with Gasteiger partial charge in [-0.2, -0.15) is 9.97 Å². The molecule has 0 radical (unpaired) electrons. The molecule has 2 bridgehead atoms. The number of H-pyrrole nitrogens is 1. The molecule has 44 heavy (non-hydrogen) atoms. The van der Waals surface area contributed by atoms with Gasteiger partial charge in [0, 0.05) is 49.0 Å². The van der Waals surface area contributed by atoms with Gasteiger partial charge < -0.3 is 29.5 Å². The van der Waals surface area contributed by atoms with Crippen molar-refractivity contribution in [2.75, 3.05) is 38.2 Å². The predicted molar refractivity (Wildman–Crippen MR) is 169 cm³/mol. The van der Waals surface area contributed by atoms with Crippen molar-refractivity contribution in [1.29, 1.82) is 0 Å². The summed E-state index contributed by atoms with van der Waals surface area (Å²) in [5.74, 6) is 1.40. The number of likely N-dealkylation sites (tertiary alicyclic amines) is 2. The maximum Gasteiger partial charge on any atom is 0.319 e. The number of carbonyl (C=O) groups is 1. The summed E-state index contributed by atoms with van der Waals surface area (Å²) < 4.78 is 6.33. The molecule has 224 valence electrons. The number of phenols is 1. The Kier molecular flexibility index (Phi) is 6.59. The number of benzene rings is 3. The van der Waals surface area contributed by atoms with Crippen molar-refractivity contribution in [2.45, 2.75) is 43.8 Å². The number of amides is 1. The molecule has 5 heterocycles. The van der Waals surface area contributed by atoms with Crippen LogP contribution in [0.1, 0.15) is 36.3 Å². The molecule has 1 amide bonds. The summed E-state index contributed by atoms with van der Waals surface area (Å²) in [7, 11) is 2.14. The summed E-state index contributed by atoms with van der Waals surface area (Å²) in [6, 6.07) is 18.9. The highest BCUT2D eigenvalue weighted by atomic mass is 16.5. The van der Waals surface area contributed by atoms with Crippen LogP contribution in [-0.4, -0.2) is 92.2 Å². The molecule has 0 aliphatic carbocycles. The zero-order valence-corrected chi connectivity index (χ0v) is 24.7. The minimum Gasteiger partial charge on any atom is -0.508 e. The van der Waals surface area contributed by atoms with Crippen LogP contribution in [-0.2, 0) is 0 Å².